The number of rotatable bonds is 12. The molecule has 0 spiro atoms. The minimum absolute atomic E-state index is 0. The molecule has 0 rings (SSSR count). The molecule has 2 radical (unpaired) electrons. The van der Waals surface area contributed by atoms with Gasteiger partial charge in [-0.1, -0.05) is 25.7 Å². The van der Waals surface area contributed by atoms with Gasteiger partial charge in [-0.2, -0.15) is 12.8 Å². The first kappa shape index (κ1) is 30.8. The quantitative estimate of drug-likeness (QED) is 0.230. The van der Waals surface area contributed by atoms with Crippen LogP contribution in [0.2, 0.25) is 0 Å². The van der Waals surface area contributed by atoms with Gasteiger partial charge in [-0.25, -0.2) is 0 Å². The predicted octanol–water partition coefficient (Wildman–Crippen LogP) is 3.62. The smallest absolute Gasteiger partial charge is 0.356 e. The summed E-state index contributed by atoms with van der Waals surface area (Å²) < 4.78 is 20.0. The molecule has 0 aliphatic carbocycles. The summed E-state index contributed by atoms with van der Waals surface area (Å²) in [6.07, 6.45) is 8.49. The maximum Gasteiger partial charge on any atom is 2.00 e. The maximum atomic E-state index is 5.00. The molecular formula is C16H34CuLiO4. The van der Waals surface area contributed by atoms with Gasteiger partial charge < -0.3 is 32.8 Å². The summed E-state index contributed by atoms with van der Waals surface area (Å²) in [7, 11) is 6.66. The molecule has 0 bridgehead atoms. The third-order valence-electron chi connectivity index (χ3n) is 2.93. The normalized spacial score (nSPS) is 9.82. The molecule has 0 aromatic rings. The Labute approximate surface area is 161 Å². The second-order valence-electron chi connectivity index (χ2n) is 4.50. The molecule has 6 heteroatoms. The van der Waals surface area contributed by atoms with Crippen molar-refractivity contribution in [2.24, 2.45) is 0 Å². The van der Waals surface area contributed by atoms with Gasteiger partial charge in [0.05, 0.1) is 0 Å². The molecule has 0 aliphatic heterocycles. The Hall–Kier alpha value is 0.957. The average molecular weight is 361 g/mol. The minimum Gasteiger partial charge on any atom is -0.356 e. The van der Waals surface area contributed by atoms with Crippen molar-refractivity contribution >= 4 is 18.9 Å². The van der Waals surface area contributed by atoms with E-state index in [-0.39, 0.29) is 48.5 Å². The van der Waals surface area contributed by atoms with Crippen LogP contribution in [0.4, 0.5) is 0 Å². The topological polar surface area (TPSA) is 36.9 Å². The van der Waals surface area contributed by atoms with Gasteiger partial charge in [0.2, 0.25) is 0 Å². The molecule has 4 nitrogen and oxygen atoms in total. The number of unbranched alkanes of at least 4 members (excludes halogenated alkanes) is 4. The van der Waals surface area contributed by atoms with Gasteiger partial charge in [0.25, 0.3) is 0 Å². The van der Waals surface area contributed by atoms with Crippen LogP contribution in [0.3, 0.4) is 0 Å². The third-order valence-corrected chi connectivity index (χ3v) is 2.93. The van der Waals surface area contributed by atoms with Crippen molar-refractivity contribution in [1.29, 1.82) is 0 Å². The van der Waals surface area contributed by atoms with Gasteiger partial charge in [-0.05, 0) is 12.8 Å². The molecule has 0 N–H and O–H groups in total. The van der Waals surface area contributed by atoms with Crippen molar-refractivity contribution in [3.8, 4) is 0 Å². The fourth-order valence-electron chi connectivity index (χ4n) is 1.64. The van der Waals surface area contributed by atoms with Crippen molar-refractivity contribution in [3.63, 3.8) is 0 Å². The standard InChI is InChI=1S/2C8H17O2.Cu.Li/c2*1-4-5-6-7-8(9-2)10-3;;/h2*8H,1,4-7H2,2-3H3;;/q2*-1;+2;. The number of methoxy groups -OCH3 is 4. The third kappa shape index (κ3) is 23.2. The van der Waals surface area contributed by atoms with Crippen LogP contribution in [-0.4, -0.2) is 59.9 Å². The second-order valence-corrected chi connectivity index (χ2v) is 4.50. The van der Waals surface area contributed by atoms with Gasteiger partial charge in [0.1, 0.15) is 0 Å². The Kier molecular flexibility index (Phi) is 37.6. The van der Waals surface area contributed by atoms with Crippen molar-refractivity contribution in [2.45, 2.75) is 63.9 Å². The van der Waals surface area contributed by atoms with Crippen LogP contribution in [0, 0.1) is 13.8 Å². The average Bonchev–Trinajstić information content (AvgIpc) is 2.49. The van der Waals surface area contributed by atoms with Crippen LogP contribution >= 0.6 is 0 Å². The molecule has 0 heterocycles. The van der Waals surface area contributed by atoms with Crippen LogP contribution in [0.25, 0.3) is 0 Å². The second kappa shape index (κ2) is 26.8. The van der Waals surface area contributed by atoms with Crippen molar-refractivity contribution < 1.29 is 36.0 Å². The largest absolute Gasteiger partial charge is 2.00 e. The summed E-state index contributed by atoms with van der Waals surface area (Å²) in [6.45, 7) is 7.51. The Morgan fingerprint density at radius 3 is 1.09 bits per heavy atom. The summed E-state index contributed by atoms with van der Waals surface area (Å²) >= 11 is 0. The summed E-state index contributed by atoms with van der Waals surface area (Å²) in [5, 5.41) is 0. The Bertz CT molecular complexity index is 150. The van der Waals surface area contributed by atoms with Gasteiger partial charge in [-0.3, -0.25) is 0 Å². The Morgan fingerprint density at radius 2 is 0.909 bits per heavy atom. The Balaban J connectivity index is -0.000000135. The van der Waals surface area contributed by atoms with Crippen molar-refractivity contribution in [1.82, 2.24) is 0 Å². The zero-order chi connectivity index (χ0) is 15.6. The van der Waals surface area contributed by atoms with Crippen LogP contribution in [0.1, 0.15) is 51.4 Å². The van der Waals surface area contributed by atoms with E-state index in [1.54, 1.807) is 28.4 Å². The number of hydrogen-bond acceptors (Lipinski definition) is 4. The molecule has 0 saturated heterocycles. The Morgan fingerprint density at radius 1 is 0.636 bits per heavy atom. The molecule has 22 heavy (non-hydrogen) atoms. The summed E-state index contributed by atoms with van der Waals surface area (Å²) in [6, 6.07) is 0. The molecule has 0 aromatic carbocycles. The van der Waals surface area contributed by atoms with Gasteiger partial charge in [-0.15, -0.1) is 0 Å². The number of ether oxygens (including phenoxy) is 4. The zero-order valence-electron chi connectivity index (χ0n) is 15.2. The van der Waals surface area contributed by atoms with Crippen LogP contribution < -0.4 is 0 Å². The molecule has 0 aliphatic rings. The van der Waals surface area contributed by atoms with E-state index >= 15 is 0 Å². The summed E-state index contributed by atoms with van der Waals surface area (Å²) in [5.41, 5.74) is 0. The monoisotopic (exact) mass is 360 g/mol. The first-order chi connectivity index (χ1) is 9.69. The van der Waals surface area contributed by atoms with E-state index in [1.165, 1.54) is 0 Å². The first-order valence-electron chi connectivity index (χ1n) is 7.39. The van der Waals surface area contributed by atoms with Gasteiger partial charge >= 0.3 is 17.1 Å². The van der Waals surface area contributed by atoms with E-state index in [0.29, 0.717) is 0 Å². The molecule has 0 atom stereocenters. The van der Waals surface area contributed by atoms with E-state index in [0.717, 1.165) is 51.4 Å². The molecule has 0 saturated carbocycles. The van der Waals surface area contributed by atoms with E-state index in [2.05, 4.69) is 13.8 Å². The van der Waals surface area contributed by atoms with Gasteiger partial charge in [0.15, 0.2) is 12.6 Å². The zero-order valence-corrected chi connectivity index (χ0v) is 16.1. The SMILES string of the molecule is [CH2-]CCCCC(OC)OC.[CH2-]CCCCC(OC)OC.[Cu+2].[Li]. The summed E-state index contributed by atoms with van der Waals surface area (Å²) in [4.78, 5) is 0. The minimum atomic E-state index is -0.0217. The van der Waals surface area contributed by atoms with Crippen LogP contribution in [0.5, 0.6) is 0 Å². The molecule has 0 aromatic heterocycles. The fourth-order valence-corrected chi connectivity index (χ4v) is 1.64. The first-order valence-corrected chi connectivity index (χ1v) is 7.39. The van der Waals surface area contributed by atoms with E-state index < -0.39 is 0 Å². The van der Waals surface area contributed by atoms with E-state index in [1.807, 2.05) is 0 Å². The summed E-state index contributed by atoms with van der Waals surface area (Å²) in [5.74, 6) is 0. The van der Waals surface area contributed by atoms with Gasteiger partial charge in [0, 0.05) is 47.3 Å². The predicted molar refractivity (Wildman–Crippen MR) is 89.0 cm³/mol. The van der Waals surface area contributed by atoms with Crippen molar-refractivity contribution in [2.75, 3.05) is 28.4 Å². The maximum absolute atomic E-state index is 5.00. The fraction of sp³-hybridized carbons (Fsp3) is 0.875. The van der Waals surface area contributed by atoms with E-state index in [4.69, 9.17) is 18.9 Å². The molecule has 134 valence electrons. The van der Waals surface area contributed by atoms with Crippen LogP contribution in [0.15, 0.2) is 0 Å². The van der Waals surface area contributed by atoms with Crippen molar-refractivity contribution in [3.05, 3.63) is 13.8 Å². The molecule has 0 unspecified atom stereocenters. The molecule has 0 fully saturated rings. The molecular weight excluding hydrogens is 327 g/mol. The van der Waals surface area contributed by atoms with E-state index in [9.17, 15) is 0 Å². The van der Waals surface area contributed by atoms with Crippen LogP contribution in [-0.2, 0) is 36.0 Å². The molecule has 0 amide bonds. The number of hydrogen-bond donors (Lipinski definition) is 0.